The Balaban J connectivity index is 1.29. The molecule has 4 aromatic carbocycles. The van der Waals surface area contributed by atoms with Gasteiger partial charge in [0.25, 0.3) is 11.8 Å². The minimum Gasteiger partial charge on any atom is -0.341 e. The molecule has 0 bridgehead atoms. The highest BCUT2D eigenvalue weighted by atomic mass is 16.2. The first-order valence-corrected chi connectivity index (χ1v) is 17.3. The van der Waals surface area contributed by atoms with Crippen molar-refractivity contribution in [3.05, 3.63) is 130 Å². The molecule has 6 heteroatoms. The van der Waals surface area contributed by atoms with Crippen molar-refractivity contribution in [2.24, 2.45) is 11.8 Å². The van der Waals surface area contributed by atoms with Crippen molar-refractivity contribution in [1.29, 1.82) is 0 Å². The minimum absolute atomic E-state index is 0.0860. The second kappa shape index (κ2) is 11.9. The van der Waals surface area contributed by atoms with E-state index in [0.717, 1.165) is 59.8 Å². The summed E-state index contributed by atoms with van der Waals surface area (Å²) in [6.07, 6.45) is 1.99. The zero-order valence-corrected chi connectivity index (χ0v) is 28.2. The molecule has 0 saturated heterocycles. The first kappa shape index (κ1) is 30.2. The van der Waals surface area contributed by atoms with Crippen molar-refractivity contribution >= 4 is 46.0 Å². The number of carbonyl (C=O) groups is 2. The smallest absolute Gasteiger partial charge is 0.261 e. The maximum Gasteiger partial charge on any atom is 0.261 e. The summed E-state index contributed by atoms with van der Waals surface area (Å²) in [6, 6.07) is 33.9. The molecule has 6 nitrogen and oxygen atoms in total. The number of hydrogen-bond acceptors (Lipinski definition) is 4. The van der Waals surface area contributed by atoms with Gasteiger partial charge in [-0.3, -0.25) is 9.59 Å². The number of amides is 2. The fourth-order valence-corrected chi connectivity index (χ4v) is 7.93. The van der Waals surface area contributed by atoms with E-state index >= 15 is 0 Å². The summed E-state index contributed by atoms with van der Waals surface area (Å²) >= 11 is 0. The van der Waals surface area contributed by atoms with Gasteiger partial charge in [0, 0.05) is 60.1 Å². The van der Waals surface area contributed by atoms with Crippen LogP contribution in [0, 0.1) is 11.8 Å². The van der Waals surface area contributed by atoms with E-state index in [1.807, 2.05) is 9.80 Å². The van der Waals surface area contributed by atoms with E-state index in [0.29, 0.717) is 24.2 Å². The molecule has 0 fully saturated rings. The van der Waals surface area contributed by atoms with Crippen LogP contribution in [0.25, 0.3) is 11.4 Å². The predicted octanol–water partition coefficient (Wildman–Crippen LogP) is 8.19. The highest BCUT2D eigenvalue weighted by Crippen LogP contribution is 2.48. The summed E-state index contributed by atoms with van der Waals surface area (Å²) in [5.41, 5.74) is 11.6. The Morgan fingerprint density at radius 2 is 0.958 bits per heavy atom. The molecule has 0 radical (unpaired) electrons. The molecule has 4 aliphatic heterocycles. The predicted molar refractivity (Wildman–Crippen MR) is 194 cm³/mol. The third-order valence-corrected chi connectivity index (χ3v) is 9.91. The van der Waals surface area contributed by atoms with E-state index in [-0.39, 0.29) is 23.7 Å². The van der Waals surface area contributed by atoms with Crippen LogP contribution < -0.4 is 9.80 Å². The van der Waals surface area contributed by atoms with Gasteiger partial charge in [-0.25, -0.2) is 0 Å². The second-order valence-electron chi connectivity index (χ2n) is 14.2. The van der Waals surface area contributed by atoms with E-state index in [1.165, 1.54) is 22.5 Å². The largest absolute Gasteiger partial charge is 0.341 e. The molecule has 4 aliphatic rings. The SMILES string of the molecule is CC(C)CN1C(=O)C2=C(c3cccc(N4CCc5ccccc54)c3)N(CC(C)C)C(=O)C2=C1c1cccc(N2CCc3ccccc32)c1. The Hall–Kier alpha value is -5.10. The van der Waals surface area contributed by atoms with Crippen molar-refractivity contribution in [2.75, 3.05) is 36.0 Å². The highest BCUT2D eigenvalue weighted by molar-refractivity contribution is 6.30. The zero-order valence-electron chi connectivity index (χ0n) is 28.2. The van der Waals surface area contributed by atoms with Crippen LogP contribution >= 0.6 is 0 Å². The lowest BCUT2D eigenvalue weighted by Crippen LogP contribution is -2.33. The van der Waals surface area contributed by atoms with Crippen LogP contribution in [0.2, 0.25) is 0 Å². The van der Waals surface area contributed by atoms with Crippen molar-refractivity contribution in [3.63, 3.8) is 0 Å². The Morgan fingerprint density at radius 3 is 1.38 bits per heavy atom. The van der Waals surface area contributed by atoms with Crippen LogP contribution in [0.1, 0.15) is 49.9 Å². The number of carbonyl (C=O) groups excluding carboxylic acids is 2. The normalized spacial score (nSPS) is 17.1. The Morgan fingerprint density at radius 1 is 0.542 bits per heavy atom. The molecule has 2 amide bonds. The Labute approximate surface area is 283 Å². The summed E-state index contributed by atoms with van der Waals surface area (Å²) < 4.78 is 0. The maximum atomic E-state index is 14.7. The molecule has 0 N–H and O–H groups in total. The van der Waals surface area contributed by atoms with Gasteiger partial charge in [-0.1, -0.05) is 88.4 Å². The summed E-state index contributed by atoms with van der Waals surface area (Å²) in [6.45, 7) is 11.4. The van der Waals surface area contributed by atoms with Gasteiger partial charge in [0.1, 0.15) is 0 Å². The number of benzene rings is 4. The summed E-state index contributed by atoms with van der Waals surface area (Å²) in [4.78, 5) is 37.8. The maximum absolute atomic E-state index is 14.7. The molecule has 0 aromatic heterocycles. The standard InChI is InChI=1S/C42H42N4O2/c1-27(2)25-45-39(31-13-9-15-33(23-31)43-21-19-29-11-5-7-17-35(29)43)37-38(41(45)47)40(46(42(37)48)26-28(3)4)32-14-10-16-34(24-32)44-22-20-30-12-6-8-18-36(30)44/h5-18,23-24,27-28H,19-22,25-26H2,1-4H3. The molecule has 0 saturated carbocycles. The number of para-hydroxylation sites is 2. The third kappa shape index (κ3) is 4.93. The number of rotatable bonds is 8. The van der Waals surface area contributed by atoms with Crippen molar-refractivity contribution in [2.45, 2.75) is 40.5 Å². The van der Waals surface area contributed by atoms with E-state index in [1.54, 1.807) is 0 Å². The van der Waals surface area contributed by atoms with Crippen LogP contribution in [-0.4, -0.2) is 47.8 Å². The van der Waals surface area contributed by atoms with Gasteiger partial charge < -0.3 is 19.6 Å². The van der Waals surface area contributed by atoms with Crippen LogP contribution in [0.5, 0.6) is 0 Å². The first-order chi connectivity index (χ1) is 23.3. The third-order valence-electron chi connectivity index (χ3n) is 9.91. The lowest BCUT2D eigenvalue weighted by Gasteiger charge is -2.28. The van der Waals surface area contributed by atoms with E-state index in [9.17, 15) is 9.59 Å². The van der Waals surface area contributed by atoms with Gasteiger partial charge >= 0.3 is 0 Å². The molecule has 0 unspecified atom stereocenters. The number of hydrogen-bond donors (Lipinski definition) is 0. The van der Waals surface area contributed by atoms with Gasteiger partial charge in [-0.15, -0.1) is 0 Å². The zero-order chi connectivity index (χ0) is 33.1. The average molecular weight is 635 g/mol. The summed E-state index contributed by atoms with van der Waals surface area (Å²) in [5, 5.41) is 0. The minimum atomic E-state index is -0.0860. The molecule has 0 atom stereocenters. The monoisotopic (exact) mass is 634 g/mol. The first-order valence-electron chi connectivity index (χ1n) is 17.3. The summed E-state index contributed by atoms with van der Waals surface area (Å²) in [7, 11) is 0. The van der Waals surface area contributed by atoms with Gasteiger partial charge in [0.05, 0.1) is 22.5 Å². The van der Waals surface area contributed by atoms with Crippen LogP contribution in [0.4, 0.5) is 22.7 Å². The molecule has 48 heavy (non-hydrogen) atoms. The number of nitrogens with zero attached hydrogens (tertiary/aromatic N) is 4. The molecule has 4 aromatic rings. The van der Waals surface area contributed by atoms with Crippen molar-refractivity contribution in [1.82, 2.24) is 9.80 Å². The number of fused-ring (bicyclic) bond motifs is 3. The van der Waals surface area contributed by atoms with Crippen molar-refractivity contribution < 1.29 is 9.59 Å². The number of anilines is 4. The average Bonchev–Trinajstić information content (AvgIpc) is 3.84. The van der Waals surface area contributed by atoms with Crippen LogP contribution in [-0.2, 0) is 22.4 Å². The van der Waals surface area contributed by atoms with Crippen LogP contribution in [0.3, 0.4) is 0 Å². The highest BCUT2D eigenvalue weighted by Gasteiger charge is 2.49. The lowest BCUT2D eigenvalue weighted by molar-refractivity contribution is -0.124. The quantitative estimate of drug-likeness (QED) is 0.196. The summed E-state index contributed by atoms with van der Waals surface area (Å²) in [5.74, 6) is 0.275. The molecular formula is C42H42N4O2. The molecule has 242 valence electrons. The van der Waals surface area contributed by atoms with E-state index in [4.69, 9.17) is 0 Å². The molecule has 0 spiro atoms. The van der Waals surface area contributed by atoms with Crippen molar-refractivity contribution in [3.8, 4) is 0 Å². The molecule has 8 rings (SSSR count). The fraction of sp³-hybridized carbons (Fsp3) is 0.286. The molecule has 4 heterocycles. The van der Waals surface area contributed by atoms with Gasteiger partial charge in [0.2, 0.25) is 0 Å². The second-order valence-corrected chi connectivity index (χ2v) is 14.2. The fourth-order valence-electron chi connectivity index (χ4n) is 7.93. The van der Waals surface area contributed by atoms with E-state index in [2.05, 4.69) is 135 Å². The van der Waals surface area contributed by atoms with Gasteiger partial charge in [-0.05, 0) is 72.2 Å². The van der Waals surface area contributed by atoms with Gasteiger partial charge in [0.15, 0.2) is 0 Å². The van der Waals surface area contributed by atoms with Crippen LogP contribution in [0.15, 0.2) is 108 Å². The van der Waals surface area contributed by atoms with Gasteiger partial charge in [-0.2, -0.15) is 0 Å². The topological polar surface area (TPSA) is 47.1 Å². The Kier molecular flexibility index (Phi) is 7.47. The molecule has 0 aliphatic carbocycles. The molecular weight excluding hydrogens is 592 g/mol. The lowest BCUT2D eigenvalue weighted by atomic mass is 10.0. The Bertz CT molecular complexity index is 1880. The van der Waals surface area contributed by atoms with E-state index < -0.39 is 0 Å².